The molecule has 0 heterocycles. The number of methoxy groups -OCH3 is 1. The van der Waals surface area contributed by atoms with Gasteiger partial charge in [-0.05, 0) is 60.9 Å². The monoisotopic (exact) mass is 445 g/mol. The van der Waals surface area contributed by atoms with Gasteiger partial charge < -0.3 is 20.7 Å². The van der Waals surface area contributed by atoms with E-state index in [4.69, 9.17) is 4.74 Å². The van der Waals surface area contributed by atoms with Crippen molar-refractivity contribution in [1.82, 2.24) is 0 Å². The fourth-order valence-electron chi connectivity index (χ4n) is 3.26. The van der Waals surface area contributed by atoms with Crippen molar-refractivity contribution < 1.29 is 19.1 Å². The van der Waals surface area contributed by atoms with Gasteiger partial charge >= 0.3 is 12.0 Å². The lowest BCUT2D eigenvalue weighted by Gasteiger charge is -2.11. The zero-order valence-corrected chi connectivity index (χ0v) is 18.8. The standard InChI is InChI=1S/C26H27N3O4/c1-17-6-4-5-7-23(17)29-26(32)28-22-12-8-19(9-13-22)16-24(30)27-21-14-10-20(11-15-21)18(2)25(31)33-3/h4-15,18H,16H2,1-3H3,(H,27,30)(H2,28,29,32). The minimum atomic E-state index is -0.370. The number of hydrogen-bond acceptors (Lipinski definition) is 4. The van der Waals surface area contributed by atoms with E-state index in [1.165, 1.54) is 7.11 Å². The molecule has 7 nitrogen and oxygen atoms in total. The molecule has 0 aliphatic heterocycles. The largest absolute Gasteiger partial charge is 0.469 e. The third-order valence-electron chi connectivity index (χ3n) is 5.22. The first-order valence-corrected chi connectivity index (χ1v) is 10.6. The molecule has 0 radical (unpaired) electrons. The number of carbonyl (C=O) groups excluding carboxylic acids is 3. The molecule has 0 aliphatic rings. The summed E-state index contributed by atoms with van der Waals surface area (Å²) >= 11 is 0. The van der Waals surface area contributed by atoms with E-state index in [1.54, 1.807) is 55.5 Å². The zero-order valence-electron chi connectivity index (χ0n) is 18.8. The van der Waals surface area contributed by atoms with E-state index < -0.39 is 0 Å². The van der Waals surface area contributed by atoms with Crippen molar-refractivity contribution in [1.29, 1.82) is 0 Å². The van der Waals surface area contributed by atoms with Crippen molar-refractivity contribution >= 4 is 35.0 Å². The SMILES string of the molecule is COC(=O)C(C)c1ccc(NC(=O)Cc2ccc(NC(=O)Nc3ccccc3C)cc2)cc1. The number of anilines is 3. The number of nitrogens with one attached hydrogen (secondary N) is 3. The second-order valence-electron chi connectivity index (χ2n) is 7.68. The van der Waals surface area contributed by atoms with E-state index in [-0.39, 0.29) is 30.2 Å². The number of ether oxygens (including phenoxy) is 1. The summed E-state index contributed by atoms with van der Waals surface area (Å²) in [5.74, 6) is -0.843. The number of urea groups is 1. The maximum atomic E-state index is 12.4. The van der Waals surface area contributed by atoms with Crippen molar-refractivity contribution in [2.24, 2.45) is 0 Å². The van der Waals surface area contributed by atoms with Crippen LogP contribution in [-0.2, 0) is 20.7 Å². The van der Waals surface area contributed by atoms with Crippen LogP contribution in [0.5, 0.6) is 0 Å². The topological polar surface area (TPSA) is 96.5 Å². The van der Waals surface area contributed by atoms with Crippen LogP contribution >= 0.6 is 0 Å². The summed E-state index contributed by atoms with van der Waals surface area (Å²) < 4.78 is 4.75. The van der Waals surface area contributed by atoms with Crippen LogP contribution in [-0.4, -0.2) is 25.0 Å². The number of hydrogen-bond donors (Lipinski definition) is 3. The van der Waals surface area contributed by atoms with E-state index in [9.17, 15) is 14.4 Å². The maximum Gasteiger partial charge on any atom is 0.323 e. The van der Waals surface area contributed by atoms with Gasteiger partial charge in [-0.1, -0.05) is 42.5 Å². The Morgan fingerprint density at radius 1 is 0.818 bits per heavy atom. The van der Waals surface area contributed by atoms with Gasteiger partial charge in [0.1, 0.15) is 0 Å². The van der Waals surface area contributed by atoms with E-state index in [2.05, 4.69) is 16.0 Å². The summed E-state index contributed by atoms with van der Waals surface area (Å²) in [6.45, 7) is 3.69. The Bertz CT molecular complexity index is 1130. The van der Waals surface area contributed by atoms with E-state index in [1.807, 2.05) is 31.2 Å². The normalized spacial score (nSPS) is 11.2. The van der Waals surface area contributed by atoms with Gasteiger partial charge in [0.15, 0.2) is 0 Å². The second-order valence-corrected chi connectivity index (χ2v) is 7.68. The highest BCUT2D eigenvalue weighted by molar-refractivity contribution is 6.00. The highest BCUT2D eigenvalue weighted by atomic mass is 16.5. The second kappa shape index (κ2) is 10.9. The maximum absolute atomic E-state index is 12.4. The lowest BCUT2D eigenvalue weighted by molar-refractivity contribution is -0.142. The van der Waals surface area contributed by atoms with Crippen LogP contribution in [0.3, 0.4) is 0 Å². The van der Waals surface area contributed by atoms with Crippen LogP contribution < -0.4 is 16.0 Å². The Labute approximate surface area is 193 Å². The number of aryl methyl sites for hydroxylation is 1. The van der Waals surface area contributed by atoms with E-state index in [0.717, 1.165) is 22.4 Å². The molecule has 0 fully saturated rings. The molecule has 3 N–H and O–H groups in total. The van der Waals surface area contributed by atoms with Gasteiger partial charge in [-0.25, -0.2) is 4.79 Å². The lowest BCUT2D eigenvalue weighted by Crippen LogP contribution is -2.20. The first-order valence-electron chi connectivity index (χ1n) is 10.6. The van der Waals surface area contributed by atoms with Gasteiger partial charge in [0.05, 0.1) is 19.4 Å². The van der Waals surface area contributed by atoms with Gasteiger partial charge in [0.2, 0.25) is 5.91 Å². The van der Waals surface area contributed by atoms with Gasteiger partial charge in [0, 0.05) is 17.1 Å². The number of para-hydroxylation sites is 1. The smallest absolute Gasteiger partial charge is 0.323 e. The first-order chi connectivity index (χ1) is 15.9. The molecule has 0 bridgehead atoms. The number of carbonyl (C=O) groups is 3. The molecule has 3 aromatic rings. The predicted molar refractivity (Wildman–Crippen MR) is 129 cm³/mol. The molecule has 170 valence electrons. The van der Waals surface area contributed by atoms with Crippen LogP contribution in [0.2, 0.25) is 0 Å². The Morgan fingerprint density at radius 3 is 2.06 bits per heavy atom. The molecule has 3 aromatic carbocycles. The van der Waals surface area contributed by atoms with Crippen LogP contribution in [0, 0.1) is 6.92 Å². The van der Waals surface area contributed by atoms with E-state index in [0.29, 0.717) is 11.4 Å². The highest BCUT2D eigenvalue weighted by Gasteiger charge is 2.15. The molecule has 1 atom stereocenters. The lowest BCUT2D eigenvalue weighted by atomic mass is 10.0. The van der Waals surface area contributed by atoms with Crippen LogP contribution in [0.25, 0.3) is 0 Å². The molecule has 7 heteroatoms. The van der Waals surface area contributed by atoms with Crippen molar-refractivity contribution in [2.75, 3.05) is 23.1 Å². The summed E-state index contributed by atoms with van der Waals surface area (Å²) in [6.07, 6.45) is 0.190. The Kier molecular flexibility index (Phi) is 7.81. The minimum absolute atomic E-state index is 0.165. The van der Waals surface area contributed by atoms with Crippen molar-refractivity contribution in [3.05, 3.63) is 89.5 Å². The summed E-state index contributed by atoms with van der Waals surface area (Å²) in [7, 11) is 1.36. The van der Waals surface area contributed by atoms with Gasteiger partial charge in [-0.2, -0.15) is 0 Å². The zero-order chi connectivity index (χ0) is 23.8. The fraction of sp³-hybridized carbons (Fsp3) is 0.192. The number of amides is 3. The third kappa shape index (κ3) is 6.67. The average molecular weight is 446 g/mol. The summed E-state index contributed by atoms with van der Waals surface area (Å²) in [6, 6.07) is 21.4. The Balaban J connectivity index is 1.51. The molecular weight excluding hydrogens is 418 g/mol. The van der Waals surface area contributed by atoms with Gasteiger partial charge in [-0.3, -0.25) is 9.59 Å². The third-order valence-corrected chi connectivity index (χ3v) is 5.22. The van der Waals surface area contributed by atoms with Crippen LogP contribution in [0.4, 0.5) is 21.9 Å². The Hall–Kier alpha value is -4.13. The van der Waals surface area contributed by atoms with Gasteiger partial charge in [-0.15, -0.1) is 0 Å². The quantitative estimate of drug-likeness (QED) is 0.441. The number of benzene rings is 3. The molecule has 3 rings (SSSR count). The molecule has 1 unspecified atom stereocenters. The van der Waals surface area contributed by atoms with Gasteiger partial charge in [0.25, 0.3) is 0 Å². The minimum Gasteiger partial charge on any atom is -0.469 e. The summed E-state index contributed by atoms with van der Waals surface area (Å²) in [4.78, 5) is 36.2. The Morgan fingerprint density at radius 2 is 1.42 bits per heavy atom. The molecule has 0 aromatic heterocycles. The molecule has 0 aliphatic carbocycles. The van der Waals surface area contributed by atoms with E-state index >= 15 is 0 Å². The summed E-state index contributed by atoms with van der Waals surface area (Å²) in [5.41, 5.74) is 4.62. The molecular formula is C26H27N3O4. The van der Waals surface area contributed by atoms with Crippen LogP contribution in [0.15, 0.2) is 72.8 Å². The van der Waals surface area contributed by atoms with Crippen molar-refractivity contribution in [3.63, 3.8) is 0 Å². The van der Waals surface area contributed by atoms with Crippen LogP contribution in [0.1, 0.15) is 29.5 Å². The molecule has 0 saturated carbocycles. The molecule has 33 heavy (non-hydrogen) atoms. The highest BCUT2D eigenvalue weighted by Crippen LogP contribution is 2.20. The fourth-order valence-corrected chi connectivity index (χ4v) is 3.26. The molecule has 0 spiro atoms. The number of rotatable bonds is 7. The van der Waals surface area contributed by atoms with Crippen molar-refractivity contribution in [2.45, 2.75) is 26.2 Å². The predicted octanol–water partition coefficient (Wildman–Crippen LogP) is 5.10. The average Bonchev–Trinajstić information content (AvgIpc) is 2.81. The molecule has 3 amide bonds. The summed E-state index contributed by atoms with van der Waals surface area (Å²) in [5, 5.41) is 8.44. The first kappa shape index (κ1) is 23.5. The van der Waals surface area contributed by atoms with Crippen molar-refractivity contribution in [3.8, 4) is 0 Å². The number of esters is 1. The molecule has 0 saturated heterocycles.